The highest BCUT2D eigenvalue weighted by molar-refractivity contribution is 5.87. The Kier molecular flexibility index (Phi) is 18.0. The van der Waals surface area contributed by atoms with E-state index in [1.165, 1.54) is 41.5 Å². The fourth-order valence-corrected chi connectivity index (χ4v) is 3.27. The van der Waals surface area contributed by atoms with Gasteiger partial charge >= 0.3 is 18.1 Å². The van der Waals surface area contributed by atoms with Crippen molar-refractivity contribution < 1.29 is 62.4 Å². The van der Waals surface area contributed by atoms with Crippen molar-refractivity contribution in [2.45, 2.75) is 145 Å². The minimum Gasteiger partial charge on any atom is -0.432 e. The third kappa shape index (κ3) is 18.5. The van der Waals surface area contributed by atoms with Gasteiger partial charge in [-0.25, -0.2) is 14.4 Å². The Morgan fingerprint density at radius 2 is 0.905 bits per heavy atom. The Bertz CT molecular complexity index is 824. The average molecular weight is 607 g/mol. The molecule has 0 aliphatic carbocycles. The van der Waals surface area contributed by atoms with Crippen LogP contribution in [0.5, 0.6) is 0 Å². The number of hydrogen-bond acceptors (Lipinski definition) is 13. The SMILES string of the molecule is CCCC(C)(C)OO/C=C(\C)C(=O)OC(C)OC(C)OC(=O)OC(C)OC(C)OC(=O)/C(C)=C/OOC(C)(C)CCC. The summed E-state index contributed by atoms with van der Waals surface area (Å²) in [6.45, 7) is 20.2. The molecule has 4 unspecified atom stereocenters. The summed E-state index contributed by atoms with van der Waals surface area (Å²) in [5, 5.41) is 0. The van der Waals surface area contributed by atoms with Crippen LogP contribution in [0.3, 0.4) is 0 Å². The lowest BCUT2D eigenvalue weighted by molar-refractivity contribution is -0.318. The smallest absolute Gasteiger partial charge is 0.432 e. The second-order valence-corrected chi connectivity index (χ2v) is 10.8. The lowest BCUT2D eigenvalue weighted by Gasteiger charge is -2.22. The van der Waals surface area contributed by atoms with Crippen LogP contribution in [0.1, 0.15) is 109 Å². The first kappa shape index (κ1) is 39.1. The second-order valence-electron chi connectivity index (χ2n) is 10.8. The monoisotopic (exact) mass is 606 g/mol. The Balaban J connectivity index is 4.50. The predicted octanol–water partition coefficient (Wildman–Crippen LogP) is 6.50. The molecule has 0 heterocycles. The maximum absolute atomic E-state index is 12.2. The van der Waals surface area contributed by atoms with Crippen molar-refractivity contribution in [2.24, 2.45) is 0 Å². The van der Waals surface area contributed by atoms with Gasteiger partial charge in [-0.15, -0.1) is 0 Å². The fraction of sp³-hybridized carbons (Fsp3) is 0.759. The van der Waals surface area contributed by atoms with E-state index in [4.69, 9.17) is 48.0 Å². The molecular formula is C29H50O13. The normalized spacial score (nSPS) is 15.6. The Labute approximate surface area is 249 Å². The molecule has 0 rings (SSSR count). The van der Waals surface area contributed by atoms with Crippen LogP contribution in [-0.2, 0) is 57.6 Å². The minimum atomic E-state index is -1.14. The molecule has 0 spiro atoms. The number of rotatable bonds is 20. The largest absolute Gasteiger partial charge is 0.512 e. The number of ether oxygens (including phenoxy) is 6. The van der Waals surface area contributed by atoms with Gasteiger partial charge in [-0.1, -0.05) is 26.7 Å². The molecular weight excluding hydrogens is 556 g/mol. The van der Waals surface area contributed by atoms with Crippen LogP contribution >= 0.6 is 0 Å². The van der Waals surface area contributed by atoms with Crippen LogP contribution in [0, 0.1) is 0 Å². The summed E-state index contributed by atoms with van der Waals surface area (Å²) in [5.41, 5.74) is -0.751. The molecule has 0 fully saturated rings. The predicted molar refractivity (Wildman–Crippen MR) is 150 cm³/mol. The molecule has 0 saturated carbocycles. The van der Waals surface area contributed by atoms with Crippen LogP contribution in [0.15, 0.2) is 23.7 Å². The van der Waals surface area contributed by atoms with Gasteiger partial charge in [-0.2, -0.15) is 9.78 Å². The van der Waals surface area contributed by atoms with E-state index in [1.807, 2.05) is 41.5 Å². The highest BCUT2D eigenvalue weighted by atomic mass is 17.2. The van der Waals surface area contributed by atoms with Gasteiger partial charge in [0.1, 0.15) is 23.7 Å². The van der Waals surface area contributed by atoms with E-state index in [-0.39, 0.29) is 11.1 Å². The van der Waals surface area contributed by atoms with Crippen molar-refractivity contribution in [1.82, 2.24) is 0 Å². The highest BCUT2D eigenvalue weighted by Gasteiger charge is 2.23. The van der Waals surface area contributed by atoms with Gasteiger partial charge in [0.05, 0.1) is 11.1 Å². The summed E-state index contributed by atoms with van der Waals surface area (Å²) in [5.74, 6) is -1.44. The Hall–Kier alpha value is -2.87. The zero-order chi connectivity index (χ0) is 32.5. The van der Waals surface area contributed by atoms with Gasteiger partial charge in [-0.05, 0) is 82.1 Å². The molecule has 0 aromatic carbocycles. The number of carbonyl (C=O) groups excluding carboxylic acids is 3. The van der Waals surface area contributed by atoms with Crippen LogP contribution < -0.4 is 0 Å². The Morgan fingerprint density at radius 3 is 1.21 bits per heavy atom. The summed E-state index contributed by atoms with van der Waals surface area (Å²) in [6, 6.07) is 0. The lowest BCUT2D eigenvalue weighted by Crippen LogP contribution is -2.30. The molecule has 13 nitrogen and oxygen atoms in total. The van der Waals surface area contributed by atoms with Gasteiger partial charge in [0, 0.05) is 0 Å². The lowest BCUT2D eigenvalue weighted by atomic mass is 10.0. The number of carbonyl (C=O) groups is 3. The maximum Gasteiger partial charge on any atom is 0.512 e. The van der Waals surface area contributed by atoms with Gasteiger partial charge < -0.3 is 38.2 Å². The summed E-state index contributed by atoms with van der Waals surface area (Å²) in [6.07, 6.45) is 0.0894. The van der Waals surface area contributed by atoms with E-state index in [0.717, 1.165) is 38.2 Å². The van der Waals surface area contributed by atoms with Crippen molar-refractivity contribution >= 4 is 18.1 Å². The molecule has 0 saturated heterocycles. The highest BCUT2D eigenvalue weighted by Crippen LogP contribution is 2.18. The third-order valence-electron chi connectivity index (χ3n) is 5.18. The van der Waals surface area contributed by atoms with Gasteiger partial charge in [-0.3, -0.25) is 0 Å². The number of hydrogen-bond donors (Lipinski definition) is 0. The summed E-state index contributed by atoms with van der Waals surface area (Å²) >= 11 is 0. The number of esters is 2. The first-order valence-corrected chi connectivity index (χ1v) is 14.0. The Morgan fingerprint density at radius 1 is 0.595 bits per heavy atom. The van der Waals surface area contributed by atoms with Gasteiger partial charge in [0.25, 0.3) is 0 Å². The first-order valence-electron chi connectivity index (χ1n) is 14.0. The molecule has 0 bridgehead atoms. The summed E-state index contributed by atoms with van der Waals surface area (Å²) in [4.78, 5) is 57.2. The van der Waals surface area contributed by atoms with E-state index in [1.54, 1.807) is 0 Å². The van der Waals surface area contributed by atoms with Crippen LogP contribution in [0.2, 0.25) is 0 Å². The molecule has 0 aromatic heterocycles. The standard InChI is InChI=1S/C29H50O13/c1-13-15-28(9,10)41-33-17-19(3)25(30)37-21(5)35-23(7)39-27(32)40-24(8)36-22(6)38-26(31)20(4)18-34-42-29(11,12)16-14-2/h17-18,21-24H,13-16H2,1-12H3/b19-17+,20-18+. The second kappa shape index (κ2) is 19.3. The molecule has 244 valence electrons. The van der Waals surface area contributed by atoms with E-state index in [9.17, 15) is 14.4 Å². The van der Waals surface area contributed by atoms with E-state index >= 15 is 0 Å². The minimum absolute atomic E-state index is 0.133. The molecule has 0 radical (unpaired) electrons. The van der Waals surface area contributed by atoms with Crippen molar-refractivity contribution in [3.63, 3.8) is 0 Å². The molecule has 0 aromatic rings. The zero-order valence-electron chi connectivity index (χ0n) is 27.1. The fourth-order valence-electron chi connectivity index (χ4n) is 3.27. The molecule has 0 amide bonds. The molecule has 0 aliphatic rings. The van der Waals surface area contributed by atoms with Crippen LogP contribution in [-0.4, -0.2) is 54.5 Å². The van der Waals surface area contributed by atoms with Crippen molar-refractivity contribution in [3.05, 3.63) is 23.7 Å². The molecule has 4 atom stereocenters. The van der Waals surface area contributed by atoms with Crippen molar-refractivity contribution in [2.75, 3.05) is 0 Å². The quantitative estimate of drug-likeness (QED) is 0.0283. The topological polar surface area (TPSA) is 144 Å². The molecule has 0 N–H and O–H groups in total. The van der Waals surface area contributed by atoms with Crippen LogP contribution in [0.4, 0.5) is 4.79 Å². The average Bonchev–Trinajstić information content (AvgIpc) is 2.82. The van der Waals surface area contributed by atoms with Crippen molar-refractivity contribution in [1.29, 1.82) is 0 Å². The first-order chi connectivity index (χ1) is 19.4. The molecule has 13 heteroatoms. The van der Waals surface area contributed by atoms with Gasteiger partial charge in [0.15, 0.2) is 0 Å². The maximum atomic E-state index is 12.2. The zero-order valence-corrected chi connectivity index (χ0v) is 27.1. The molecule has 42 heavy (non-hydrogen) atoms. The van der Waals surface area contributed by atoms with E-state index in [2.05, 4.69) is 0 Å². The van der Waals surface area contributed by atoms with E-state index in [0.29, 0.717) is 0 Å². The van der Waals surface area contributed by atoms with Gasteiger partial charge in [0.2, 0.25) is 25.2 Å². The van der Waals surface area contributed by atoms with Crippen molar-refractivity contribution in [3.8, 4) is 0 Å². The molecule has 0 aliphatic heterocycles. The summed E-state index contributed by atoms with van der Waals surface area (Å²) < 4.78 is 30.9. The summed E-state index contributed by atoms with van der Waals surface area (Å²) in [7, 11) is 0. The van der Waals surface area contributed by atoms with Crippen LogP contribution in [0.25, 0.3) is 0 Å². The third-order valence-corrected chi connectivity index (χ3v) is 5.18. The van der Waals surface area contributed by atoms with E-state index < -0.39 is 54.5 Å².